The number of hydrogen-bond donors (Lipinski definition) is 1. The Morgan fingerprint density at radius 3 is 2.74 bits per heavy atom. The molecule has 2 heterocycles. The fourth-order valence-corrected chi connectivity index (χ4v) is 3.04. The van der Waals surface area contributed by atoms with Gasteiger partial charge in [-0.05, 0) is 54.4 Å². The van der Waals surface area contributed by atoms with E-state index in [1.54, 1.807) is 47.4 Å². The Bertz CT molecular complexity index is 1220. The number of nitrogens with one attached hydrogen (secondary N) is 1. The molecule has 0 saturated carbocycles. The highest BCUT2D eigenvalue weighted by atomic mass is 35.5. The van der Waals surface area contributed by atoms with Crippen molar-refractivity contribution in [1.82, 2.24) is 19.6 Å². The van der Waals surface area contributed by atoms with Crippen LogP contribution in [0.4, 0.5) is 10.2 Å². The molecule has 31 heavy (non-hydrogen) atoms. The van der Waals surface area contributed by atoms with Crippen molar-refractivity contribution in [3.63, 3.8) is 0 Å². The molecule has 1 amide bonds. The summed E-state index contributed by atoms with van der Waals surface area (Å²) in [5.74, 6) is 0.345. The third-order valence-electron chi connectivity index (χ3n) is 4.48. The summed E-state index contributed by atoms with van der Waals surface area (Å²) < 4.78 is 22.1. The number of carbonyl (C=O) groups is 1. The monoisotopic (exact) mass is 439 g/mol. The molecule has 0 aliphatic rings. The zero-order valence-corrected chi connectivity index (χ0v) is 17.4. The van der Waals surface area contributed by atoms with Gasteiger partial charge in [0.25, 0.3) is 5.91 Å². The first kappa shape index (κ1) is 20.6. The van der Waals surface area contributed by atoms with Crippen LogP contribution in [-0.4, -0.2) is 25.5 Å². The lowest BCUT2D eigenvalue weighted by molar-refractivity contribution is 0.101. The van der Waals surface area contributed by atoms with Crippen molar-refractivity contribution >= 4 is 23.3 Å². The number of amides is 1. The number of anilines is 1. The average molecular weight is 440 g/mol. The Morgan fingerprint density at radius 2 is 1.94 bits per heavy atom. The number of benzene rings is 2. The molecular formula is C22H19ClFN5O2. The average Bonchev–Trinajstić information content (AvgIpc) is 3.38. The number of nitrogens with zero attached hydrogens (tertiary/aromatic N) is 4. The van der Waals surface area contributed by atoms with E-state index in [9.17, 15) is 9.18 Å². The summed E-state index contributed by atoms with van der Waals surface area (Å²) in [5, 5.41) is 11.9. The topological polar surface area (TPSA) is 74.0 Å². The Labute approximate surface area is 183 Å². The van der Waals surface area contributed by atoms with Crippen molar-refractivity contribution < 1.29 is 13.9 Å². The number of carbonyl (C=O) groups excluding carboxylic acids is 1. The van der Waals surface area contributed by atoms with Gasteiger partial charge in [-0.3, -0.25) is 9.48 Å². The second-order valence-electron chi connectivity index (χ2n) is 6.91. The quantitative estimate of drug-likeness (QED) is 0.459. The number of halogens is 2. The molecule has 158 valence electrons. The second-order valence-corrected chi connectivity index (χ2v) is 7.31. The predicted octanol–water partition coefficient (Wildman–Crippen LogP) is 4.52. The fourth-order valence-electron chi connectivity index (χ4n) is 2.92. The van der Waals surface area contributed by atoms with Crippen molar-refractivity contribution in [3.05, 3.63) is 94.7 Å². The summed E-state index contributed by atoms with van der Waals surface area (Å²) in [6.45, 7) is 2.44. The molecule has 0 aliphatic carbocycles. The maximum absolute atomic E-state index is 13.3. The lowest BCUT2D eigenvalue weighted by Crippen LogP contribution is -2.15. The van der Waals surface area contributed by atoms with Gasteiger partial charge in [0.2, 0.25) is 0 Å². The van der Waals surface area contributed by atoms with E-state index in [4.69, 9.17) is 16.3 Å². The normalized spacial score (nSPS) is 10.8. The van der Waals surface area contributed by atoms with Crippen LogP contribution in [0.1, 0.15) is 21.6 Å². The minimum absolute atomic E-state index is 0.149. The Morgan fingerprint density at radius 1 is 1.10 bits per heavy atom. The first-order valence-corrected chi connectivity index (χ1v) is 9.86. The van der Waals surface area contributed by atoms with Crippen LogP contribution in [0.3, 0.4) is 0 Å². The van der Waals surface area contributed by atoms with Gasteiger partial charge in [-0.2, -0.15) is 10.2 Å². The number of aryl methyl sites for hydroxylation is 1. The van der Waals surface area contributed by atoms with Crippen LogP contribution in [-0.2, 0) is 13.3 Å². The van der Waals surface area contributed by atoms with Crippen molar-refractivity contribution in [3.8, 4) is 5.75 Å². The number of ether oxygens (including phenoxy) is 1. The number of aromatic nitrogens is 4. The van der Waals surface area contributed by atoms with Gasteiger partial charge in [0.1, 0.15) is 11.6 Å². The summed E-state index contributed by atoms with van der Waals surface area (Å²) in [4.78, 5) is 12.5. The van der Waals surface area contributed by atoms with E-state index in [-0.39, 0.29) is 18.2 Å². The van der Waals surface area contributed by atoms with Crippen LogP contribution < -0.4 is 10.1 Å². The van der Waals surface area contributed by atoms with Crippen LogP contribution in [0.15, 0.2) is 67.0 Å². The third-order valence-corrected chi connectivity index (χ3v) is 4.91. The van der Waals surface area contributed by atoms with Crippen LogP contribution >= 0.6 is 11.6 Å². The molecule has 1 N–H and O–H groups in total. The molecule has 7 nitrogen and oxygen atoms in total. The minimum Gasteiger partial charge on any atom is -0.471 e. The zero-order valence-electron chi connectivity index (χ0n) is 16.6. The smallest absolute Gasteiger partial charge is 0.277 e. The molecule has 2 aromatic carbocycles. The molecule has 0 saturated heterocycles. The standard InChI is InChI=1S/C22H19ClFN5O2/c1-15-11-18(5-6-19(15)23)31-14-29-9-7-20(26-29)22(30)25-21-8-10-28(27-21)13-16-3-2-4-17(24)12-16/h2-12H,13-14H2,1H3,(H,25,27,30). The van der Waals surface area contributed by atoms with Gasteiger partial charge >= 0.3 is 0 Å². The van der Waals surface area contributed by atoms with Crippen molar-refractivity contribution in [2.75, 3.05) is 5.32 Å². The maximum Gasteiger partial charge on any atom is 0.277 e. The molecule has 2 aromatic heterocycles. The highest BCUT2D eigenvalue weighted by Crippen LogP contribution is 2.21. The summed E-state index contributed by atoms with van der Waals surface area (Å²) in [7, 11) is 0. The van der Waals surface area contributed by atoms with Gasteiger partial charge in [0.05, 0.1) is 6.54 Å². The molecule has 0 bridgehead atoms. The molecule has 0 unspecified atom stereocenters. The van der Waals surface area contributed by atoms with Crippen LogP contribution in [0.25, 0.3) is 0 Å². The van der Waals surface area contributed by atoms with Crippen LogP contribution in [0, 0.1) is 12.7 Å². The molecule has 0 radical (unpaired) electrons. The van der Waals surface area contributed by atoms with Crippen molar-refractivity contribution in [2.24, 2.45) is 0 Å². The first-order chi connectivity index (χ1) is 15.0. The van der Waals surface area contributed by atoms with Gasteiger partial charge in [0.15, 0.2) is 18.2 Å². The molecule has 4 rings (SSSR count). The SMILES string of the molecule is Cc1cc(OCn2ccc(C(=O)Nc3ccn(Cc4cccc(F)c4)n3)n2)ccc1Cl. The lowest BCUT2D eigenvalue weighted by atomic mass is 10.2. The van der Waals surface area contributed by atoms with Gasteiger partial charge in [-0.1, -0.05) is 23.7 Å². The lowest BCUT2D eigenvalue weighted by Gasteiger charge is -2.07. The predicted molar refractivity (Wildman–Crippen MR) is 115 cm³/mol. The Hall–Kier alpha value is -3.65. The van der Waals surface area contributed by atoms with E-state index in [1.165, 1.54) is 16.8 Å². The molecule has 4 aromatic rings. The summed E-state index contributed by atoms with van der Waals surface area (Å²) in [6.07, 6.45) is 3.36. The summed E-state index contributed by atoms with van der Waals surface area (Å²) in [6, 6.07) is 14.9. The van der Waals surface area contributed by atoms with Gasteiger partial charge in [-0.25, -0.2) is 9.07 Å². The van der Waals surface area contributed by atoms with E-state index in [0.29, 0.717) is 23.1 Å². The van der Waals surface area contributed by atoms with Gasteiger partial charge in [0, 0.05) is 23.5 Å². The molecule has 0 fully saturated rings. The summed E-state index contributed by atoms with van der Waals surface area (Å²) in [5.41, 5.74) is 1.92. The molecule has 0 spiro atoms. The highest BCUT2D eigenvalue weighted by molar-refractivity contribution is 6.31. The van der Waals surface area contributed by atoms with Gasteiger partial charge in [-0.15, -0.1) is 0 Å². The summed E-state index contributed by atoms with van der Waals surface area (Å²) >= 11 is 6.01. The largest absolute Gasteiger partial charge is 0.471 e. The van der Waals surface area contributed by atoms with E-state index in [1.807, 2.05) is 19.1 Å². The molecule has 0 atom stereocenters. The van der Waals surface area contributed by atoms with E-state index in [0.717, 1.165) is 11.1 Å². The van der Waals surface area contributed by atoms with Crippen molar-refractivity contribution in [1.29, 1.82) is 0 Å². The van der Waals surface area contributed by atoms with E-state index >= 15 is 0 Å². The number of hydrogen-bond acceptors (Lipinski definition) is 4. The first-order valence-electron chi connectivity index (χ1n) is 9.48. The van der Waals surface area contributed by atoms with Crippen LogP contribution in [0.2, 0.25) is 5.02 Å². The maximum atomic E-state index is 13.3. The Kier molecular flexibility index (Phi) is 5.99. The zero-order chi connectivity index (χ0) is 21.8. The van der Waals surface area contributed by atoms with Crippen LogP contribution in [0.5, 0.6) is 5.75 Å². The minimum atomic E-state index is -0.392. The number of rotatable bonds is 7. The Balaban J connectivity index is 1.33. The molecule has 0 aliphatic heterocycles. The molecule has 9 heteroatoms. The fraction of sp³-hybridized carbons (Fsp3) is 0.136. The molecular weight excluding hydrogens is 421 g/mol. The third kappa shape index (κ3) is 5.29. The second kappa shape index (κ2) is 9.01. The highest BCUT2D eigenvalue weighted by Gasteiger charge is 2.12. The van der Waals surface area contributed by atoms with E-state index < -0.39 is 5.91 Å². The van der Waals surface area contributed by atoms with Crippen molar-refractivity contribution in [2.45, 2.75) is 20.2 Å². The van der Waals surface area contributed by atoms with E-state index in [2.05, 4.69) is 15.5 Å². The van der Waals surface area contributed by atoms with Gasteiger partial charge < -0.3 is 10.1 Å².